The van der Waals surface area contributed by atoms with E-state index in [1.165, 1.54) is 38.5 Å². The van der Waals surface area contributed by atoms with Gasteiger partial charge in [0.15, 0.2) is 0 Å². The number of hydrogen-bond acceptors (Lipinski definition) is 5. The Balaban J connectivity index is 3.85. The smallest absolute Gasteiger partial charge is 0.343 e. The number of hydrogen-bond donors (Lipinski definition) is 4. The van der Waals surface area contributed by atoms with Crippen molar-refractivity contribution in [2.24, 2.45) is 0 Å². The predicted molar refractivity (Wildman–Crippen MR) is 122 cm³/mol. The van der Waals surface area contributed by atoms with E-state index < -0.39 is 33.3 Å². The Morgan fingerprint density at radius 1 is 0.806 bits per heavy atom. The summed E-state index contributed by atoms with van der Waals surface area (Å²) in [6, 6.07) is 0. The van der Waals surface area contributed by atoms with Crippen LogP contribution in [0.25, 0.3) is 0 Å². The molecule has 9 heteroatoms. The third-order valence-electron chi connectivity index (χ3n) is 5.29. The average molecular weight is 464 g/mol. The van der Waals surface area contributed by atoms with Gasteiger partial charge in [0.2, 0.25) is 0 Å². The molecule has 0 saturated carbocycles. The summed E-state index contributed by atoms with van der Waals surface area (Å²) >= 11 is 0. The average Bonchev–Trinajstić information content (AvgIpc) is 2.68. The van der Waals surface area contributed by atoms with Crippen LogP contribution in [0.15, 0.2) is 12.2 Å². The first-order valence-corrected chi connectivity index (χ1v) is 12.9. The highest BCUT2D eigenvalue weighted by Gasteiger charge is 2.52. The van der Waals surface area contributed by atoms with E-state index in [9.17, 15) is 27.7 Å². The molecule has 0 aromatic carbocycles. The van der Waals surface area contributed by atoms with Crippen molar-refractivity contribution in [2.45, 2.75) is 108 Å². The molecule has 1 unspecified atom stereocenters. The molecule has 1 atom stereocenters. The molecule has 0 radical (unpaired) electrons. The van der Waals surface area contributed by atoms with E-state index in [-0.39, 0.29) is 6.54 Å². The summed E-state index contributed by atoms with van der Waals surface area (Å²) in [5, 5.41) is 20.2. The number of nitrogens with one attached hydrogen (secondary N) is 1. The van der Waals surface area contributed by atoms with Gasteiger partial charge in [-0.3, -0.25) is 14.7 Å². The van der Waals surface area contributed by atoms with Crippen LogP contribution in [0.4, 0.5) is 0 Å². The van der Waals surface area contributed by atoms with Crippen molar-refractivity contribution in [2.75, 3.05) is 6.54 Å². The Morgan fingerprint density at radius 3 is 1.68 bits per heavy atom. The number of carboxylic acid groups (broad SMARTS) is 2. The predicted octanol–water partition coefficient (Wildman–Crippen LogP) is 4.76. The lowest BCUT2D eigenvalue weighted by Gasteiger charge is -2.25. The highest BCUT2D eigenvalue weighted by atomic mass is 32.2. The normalized spacial score (nSPS) is 14.0. The van der Waals surface area contributed by atoms with Gasteiger partial charge in [0.25, 0.3) is 15.0 Å². The van der Waals surface area contributed by atoms with E-state index in [4.69, 9.17) is 5.11 Å². The fourth-order valence-corrected chi connectivity index (χ4v) is 4.19. The van der Waals surface area contributed by atoms with E-state index in [1.54, 1.807) is 0 Å². The molecule has 182 valence electrons. The van der Waals surface area contributed by atoms with Gasteiger partial charge in [0.05, 0.1) is 6.42 Å². The van der Waals surface area contributed by atoms with Crippen LogP contribution in [0.2, 0.25) is 0 Å². The van der Waals surface area contributed by atoms with Gasteiger partial charge >= 0.3 is 11.9 Å². The Bertz CT molecular complexity index is 634. The van der Waals surface area contributed by atoms with Crippen molar-refractivity contribution >= 4 is 22.1 Å². The lowest BCUT2D eigenvalue weighted by molar-refractivity contribution is -0.147. The molecule has 4 N–H and O–H groups in total. The molecule has 0 aromatic heterocycles. The number of rotatable bonds is 21. The first kappa shape index (κ1) is 29.5. The Hall–Kier alpha value is -1.45. The van der Waals surface area contributed by atoms with Crippen LogP contribution in [0.1, 0.15) is 103 Å². The van der Waals surface area contributed by atoms with Crippen LogP contribution in [-0.2, 0) is 19.7 Å². The SMILES string of the molecule is CCCCCCCC/C=C\CCCCCCCCNC(CC(=O)O)(C(=O)O)S(=O)(=O)O. The molecule has 0 aliphatic rings. The van der Waals surface area contributed by atoms with Crippen molar-refractivity contribution in [3.8, 4) is 0 Å². The molecule has 0 spiro atoms. The van der Waals surface area contributed by atoms with E-state index in [0.717, 1.165) is 44.9 Å². The molecule has 0 aliphatic carbocycles. The summed E-state index contributed by atoms with van der Waals surface area (Å²) in [7, 11) is -5.14. The maximum Gasteiger partial charge on any atom is 0.343 e. The minimum Gasteiger partial charge on any atom is -0.481 e. The Labute approximate surface area is 187 Å². The molecule has 0 heterocycles. The number of aliphatic carboxylic acids is 2. The van der Waals surface area contributed by atoms with Crippen LogP contribution < -0.4 is 5.32 Å². The number of allylic oxidation sites excluding steroid dienone is 2. The highest BCUT2D eigenvalue weighted by molar-refractivity contribution is 7.88. The molecule has 0 amide bonds. The largest absolute Gasteiger partial charge is 0.481 e. The second-order valence-electron chi connectivity index (χ2n) is 8.04. The minimum absolute atomic E-state index is 0.0133. The Kier molecular flexibility index (Phi) is 16.3. The Morgan fingerprint density at radius 2 is 1.26 bits per heavy atom. The number of carbonyl (C=O) groups is 2. The molecule has 0 fully saturated rings. The molecule has 0 rings (SSSR count). The van der Waals surface area contributed by atoms with Crippen LogP contribution >= 0.6 is 0 Å². The molecule has 0 bridgehead atoms. The van der Waals surface area contributed by atoms with Crippen molar-refractivity contribution < 1.29 is 32.8 Å². The maximum absolute atomic E-state index is 11.5. The van der Waals surface area contributed by atoms with Crippen LogP contribution in [-0.4, -0.2) is 46.5 Å². The first-order valence-electron chi connectivity index (χ1n) is 11.5. The van der Waals surface area contributed by atoms with Gasteiger partial charge in [-0.05, 0) is 38.6 Å². The standard InChI is InChI=1S/C22H41NO7S/c1-2-3-4-5-6-7-8-9-10-11-12-13-14-15-16-17-18-23-22(21(26)27,19-20(24)25)31(28,29)30/h9-10,23H,2-8,11-19H2,1H3,(H,24,25)(H,26,27)(H,28,29,30)/b10-9-. The zero-order valence-electron chi connectivity index (χ0n) is 18.9. The maximum atomic E-state index is 11.5. The number of unbranched alkanes of at least 4 members (excludes halogenated alkanes) is 12. The monoisotopic (exact) mass is 463 g/mol. The van der Waals surface area contributed by atoms with Gasteiger partial charge < -0.3 is 10.2 Å². The van der Waals surface area contributed by atoms with Gasteiger partial charge in [-0.2, -0.15) is 8.42 Å². The minimum atomic E-state index is -5.14. The summed E-state index contributed by atoms with van der Waals surface area (Å²) in [5.74, 6) is -3.56. The molecular formula is C22H41NO7S. The summed E-state index contributed by atoms with van der Waals surface area (Å²) in [6.45, 7) is 2.21. The van der Waals surface area contributed by atoms with Gasteiger partial charge in [-0.1, -0.05) is 76.9 Å². The molecule has 0 aromatic rings. The second-order valence-corrected chi connectivity index (χ2v) is 9.69. The first-order chi connectivity index (χ1) is 14.7. The molecule has 8 nitrogen and oxygen atoms in total. The summed E-state index contributed by atoms with van der Waals surface area (Å²) in [5.41, 5.74) is 0. The lowest BCUT2D eigenvalue weighted by Crippen LogP contribution is -2.59. The summed E-state index contributed by atoms with van der Waals surface area (Å²) in [4.78, 5) is 19.3. The quantitative estimate of drug-likeness (QED) is 0.108. The van der Waals surface area contributed by atoms with Crippen molar-refractivity contribution in [3.63, 3.8) is 0 Å². The van der Waals surface area contributed by atoms with E-state index in [2.05, 4.69) is 24.4 Å². The van der Waals surface area contributed by atoms with Crippen molar-refractivity contribution in [1.82, 2.24) is 5.32 Å². The zero-order valence-corrected chi connectivity index (χ0v) is 19.7. The fraction of sp³-hybridized carbons (Fsp3) is 0.818. The summed E-state index contributed by atoms with van der Waals surface area (Å²) in [6.07, 6.45) is 18.8. The molecular weight excluding hydrogens is 422 g/mol. The van der Waals surface area contributed by atoms with Crippen LogP contribution in [0, 0.1) is 0 Å². The van der Waals surface area contributed by atoms with Gasteiger partial charge in [0.1, 0.15) is 0 Å². The van der Waals surface area contributed by atoms with Crippen molar-refractivity contribution in [3.05, 3.63) is 12.2 Å². The van der Waals surface area contributed by atoms with E-state index in [1.807, 2.05) is 0 Å². The van der Waals surface area contributed by atoms with Crippen molar-refractivity contribution in [1.29, 1.82) is 0 Å². The van der Waals surface area contributed by atoms with Gasteiger partial charge in [0, 0.05) is 0 Å². The van der Waals surface area contributed by atoms with Gasteiger partial charge in [-0.25, -0.2) is 4.79 Å². The molecule has 0 saturated heterocycles. The highest BCUT2D eigenvalue weighted by Crippen LogP contribution is 2.19. The van der Waals surface area contributed by atoms with Crippen LogP contribution in [0.3, 0.4) is 0 Å². The molecule has 31 heavy (non-hydrogen) atoms. The molecule has 0 aliphatic heterocycles. The number of carboxylic acids is 2. The topological polar surface area (TPSA) is 141 Å². The zero-order chi connectivity index (χ0) is 23.6. The second kappa shape index (κ2) is 17.1. The van der Waals surface area contributed by atoms with E-state index >= 15 is 0 Å². The third kappa shape index (κ3) is 13.5. The lowest BCUT2D eigenvalue weighted by atomic mass is 10.1. The fourth-order valence-electron chi connectivity index (χ4n) is 3.38. The van der Waals surface area contributed by atoms with Crippen LogP contribution in [0.5, 0.6) is 0 Å². The van der Waals surface area contributed by atoms with E-state index in [0.29, 0.717) is 6.42 Å². The third-order valence-corrected chi connectivity index (χ3v) is 6.63. The summed E-state index contributed by atoms with van der Waals surface area (Å²) < 4.78 is 32.2. The van der Waals surface area contributed by atoms with Gasteiger partial charge in [-0.15, -0.1) is 0 Å².